The van der Waals surface area contributed by atoms with Crippen molar-refractivity contribution in [3.05, 3.63) is 10.6 Å². The zero-order chi connectivity index (χ0) is 13.4. The van der Waals surface area contributed by atoms with Gasteiger partial charge in [0.1, 0.15) is 4.88 Å². The van der Waals surface area contributed by atoms with Crippen molar-refractivity contribution in [2.45, 2.75) is 45.4 Å². The highest BCUT2D eigenvalue weighted by atomic mass is 127. The van der Waals surface area contributed by atoms with Gasteiger partial charge in [0.2, 0.25) is 0 Å². The molecule has 0 unspecified atom stereocenters. The van der Waals surface area contributed by atoms with Crippen LogP contribution in [-0.4, -0.2) is 26.5 Å². The van der Waals surface area contributed by atoms with Crippen LogP contribution in [0.4, 0.5) is 0 Å². The van der Waals surface area contributed by atoms with Crippen LogP contribution in [0.3, 0.4) is 0 Å². The van der Waals surface area contributed by atoms with E-state index in [2.05, 4.69) is 37.5 Å². The molecule has 0 aromatic carbocycles. The van der Waals surface area contributed by atoms with Gasteiger partial charge in [0.05, 0.1) is 5.69 Å². The minimum atomic E-state index is -0.0254. The molecular formula is C12H20IN3OS. The molecule has 4 nitrogen and oxygen atoms in total. The molecule has 6 heteroatoms. The standard InChI is InChI=1S/C12H20IN3OS/c1-9(2)10-11(18-16-15-10)12(17)14-8-6-4-3-5-7-13/h9H,3-8H2,1-2H3,(H,14,17). The zero-order valence-electron chi connectivity index (χ0n) is 10.9. The Labute approximate surface area is 126 Å². The van der Waals surface area contributed by atoms with Crippen LogP contribution < -0.4 is 5.32 Å². The van der Waals surface area contributed by atoms with Crippen molar-refractivity contribution in [3.63, 3.8) is 0 Å². The van der Waals surface area contributed by atoms with Crippen LogP contribution in [0.1, 0.15) is 60.8 Å². The number of halogens is 1. The van der Waals surface area contributed by atoms with Crippen molar-refractivity contribution >= 4 is 40.0 Å². The molecule has 1 heterocycles. The Hall–Kier alpha value is -0.240. The number of rotatable bonds is 8. The molecule has 1 amide bonds. The Kier molecular flexibility index (Phi) is 7.73. The van der Waals surface area contributed by atoms with Crippen molar-refractivity contribution in [2.24, 2.45) is 0 Å². The Morgan fingerprint density at radius 3 is 2.72 bits per heavy atom. The van der Waals surface area contributed by atoms with E-state index in [9.17, 15) is 4.79 Å². The van der Waals surface area contributed by atoms with E-state index in [0.29, 0.717) is 4.88 Å². The lowest BCUT2D eigenvalue weighted by Gasteiger charge is -2.05. The second-order valence-electron chi connectivity index (χ2n) is 4.50. The lowest BCUT2D eigenvalue weighted by Crippen LogP contribution is -2.24. The fraction of sp³-hybridized carbons (Fsp3) is 0.750. The molecule has 0 aliphatic heterocycles. The van der Waals surface area contributed by atoms with Crippen molar-refractivity contribution in [2.75, 3.05) is 11.0 Å². The van der Waals surface area contributed by atoms with Gasteiger partial charge in [-0.2, -0.15) is 0 Å². The number of hydrogen-bond donors (Lipinski definition) is 1. The van der Waals surface area contributed by atoms with E-state index in [1.54, 1.807) is 0 Å². The molecule has 0 aliphatic carbocycles. The molecule has 0 aliphatic rings. The number of nitrogens with one attached hydrogen (secondary N) is 1. The lowest BCUT2D eigenvalue weighted by atomic mass is 10.1. The van der Waals surface area contributed by atoms with Gasteiger partial charge in [-0.25, -0.2) is 0 Å². The average Bonchev–Trinajstić information content (AvgIpc) is 2.82. The predicted molar refractivity (Wildman–Crippen MR) is 83.7 cm³/mol. The first-order valence-electron chi connectivity index (χ1n) is 6.33. The van der Waals surface area contributed by atoms with Gasteiger partial charge in [0.25, 0.3) is 5.91 Å². The van der Waals surface area contributed by atoms with Gasteiger partial charge in [-0.15, -0.1) is 5.10 Å². The SMILES string of the molecule is CC(C)c1nnsc1C(=O)NCCCCCCI. The highest BCUT2D eigenvalue weighted by Crippen LogP contribution is 2.19. The number of carbonyl (C=O) groups is 1. The van der Waals surface area contributed by atoms with Crippen LogP contribution in [0.25, 0.3) is 0 Å². The topological polar surface area (TPSA) is 54.9 Å². The average molecular weight is 381 g/mol. The first-order valence-corrected chi connectivity index (χ1v) is 8.63. The first kappa shape index (κ1) is 15.8. The summed E-state index contributed by atoms with van der Waals surface area (Å²) in [5.74, 6) is 0.218. The highest BCUT2D eigenvalue weighted by molar-refractivity contribution is 14.1. The minimum Gasteiger partial charge on any atom is -0.351 e. The summed E-state index contributed by atoms with van der Waals surface area (Å²) in [6, 6.07) is 0. The number of amides is 1. The van der Waals surface area contributed by atoms with E-state index in [4.69, 9.17) is 0 Å². The molecule has 1 aromatic heterocycles. The molecule has 1 aromatic rings. The number of carbonyl (C=O) groups excluding carboxylic acids is 1. The minimum absolute atomic E-state index is 0.0254. The maximum absolute atomic E-state index is 11.9. The van der Waals surface area contributed by atoms with Crippen molar-refractivity contribution in [1.82, 2.24) is 14.9 Å². The van der Waals surface area contributed by atoms with E-state index in [0.717, 1.165) is 18.7 Å². The fourth-order valence-corrected chi connectivity index (χ4v) is 2.86. The summed E-state index contributed by atoms with van der Waals surface area (Å²) in [6.45, 7) is 4.80. The summed E-state index contributed by atoms with van der Waals surface area (Å²) in [5.41, 5.74) is 0.808. The quantitative estimate of drug-likeness (QED) is 0.427. The highest BCUT2D eigenvalue weighted by Gasteiger charge is 2.17. The number of alkyl halides is 1. The Balaban J connectivity index is 2.30. The number of hydrogen-bond acceptors (Lipinski definition) is 4. The van der Waals surface area contributed by atoms with Crippen molar-refractivity contribution in [3.8, 4) is 0 Å². The molecule has 1 N–H and O–H groups in total. The van der Waals surface area contributed by atoms with E-state index in [1.165, 1.54) is 35.2 Å². The van der Waals surface area contributed by atoms with E-state index >= 15 is 0 Å². The van der Waals surface area contributed by atoms with Crippen LogP contribution in [0.5, 0.6) is 0 Å². The van der Waals surface area contributed by atoms with Gasteiger partial charge >= 0.3 is 0 Å². The summed E-state index contributed by atoms with van der Waals surface area (Å²) < 4.78 is 5.08. The summed E-state index contributed by atoms with van der Waals surface area (Å²) in [5, 5.41) is 6.96. The number of aromatic nitrogens is 2. The third-order valence-electron chi connectivity index (χ3n) is 2.61. The molecule has 0 spiro atoms. The lowest BCUT2D eigenvalue weighted by molar-refractivity contribution is 0.0955. The third kappa shape index (κ3) is 5.17. The Morgan fingerprint density at radius 1 is 1.33 bits per heavy atom. The maximum Gasteiger partial charge on any atom is 0.264 e. The summed E-state index contributed by atoms with van der Waals surface area (Å²) >= 11 is 3.58. The molecule has 18 heavy (non-hydrogen) atoms. The zero-order valence-corrected chi connectivity index (χ0v) is 13.9. The molecule has 0 atom stereocenters. The van der Waals surface area contributed by atoms with Crippen molar-refractivity contribution < 1.29 is 4.79 Å². The van der Waals surface area contributed by atoms with E-state index < -0.39 is 0 Å². The van der Waals surface area contributed by atoms with Crippen LogP contribution >= 0.6 is 34.1 Å². The van der Waals surface area contributed by atoms with Gasteiger partial charge in [-0.3, -0.25) is 4.79 Å². The van der Waals surface area contributed by atoms with Gasteiger partial charge in [0, 0.05) is 6.54 Å². The fourth-order valence-electron chi connectivity index (χ4n) is 1.59. The maximum atomic E-state index is 11.9. The molecule has 0 radical (unpaired) electrons. The number of nitrogens with zero attached hydrogens (tertiary/aromatic N) is 2. The second kappa shape index (κ2) is 8.79. The Morgan fingerprint density at radius 2 is 2.06 bits per heavy atom. The van der Waals surface area contributed by atoms with E-state index in [-0.39, 0.29) is 11.8 Å². The van der Waals surface area contributed by atoms with Crippen LogP contribution in [0.15, 0.2) is 0 Å². The van der Waals surface area contributed by atoms with Gasteiger partial charge in [0.15, 0.2) is 0 Å². The van der Waals surface area contributed by atoms with Gasteiger partial charge < -0.3 is 5.32 Å². The largest absolute Gasteiger partial charge is 0.351 e. The molecular weight excluding hydrogens is 361 g/mol. The second-order valence-corrected chi connectivity index (χ2v) is 6.33. The molecule has 0 saturated carbocycles. The smallest absolute Gasteiger partial charge is 0.264 e. The summed E-state index contributed by atoms with van der Waals surface area (Å²) in [4.78, 5) is 12.6. The first-order chi connectivity index (χ1) is 8.66. The molecule has 0 fully saturated rings. The van der Waals surface area contributed by atoms with Crippen LogP contribution in [0.2, 0.25) is 0 Å². The van der Waals surface area contributed by atoms with Gasteiger partial charge in [-0.1, -0.05) is 53.8 Å². The predicted octanol–water partition coefficient (Wildman–Crippen LogP) is 3.39. The third-order valence-corrected chi connectivity index (χ3v) is 4.12. The Bertz CT molecular complexity index is 368. The number of unbranched alkanes of at least 4 members (excludes halogenated alkanes) is 3. The van der Waals surface area contributed by atoms with Crippen LogP contribution in [-0.2, 0) is 0 Å². The van der Waals surface area contributed by atoms with Gasteiger partial charge in [-0.05, 0) is 34.7 Å². The molecule has 1 rings (SSSR count). The van der Waals surface area contributed by atoms with Crippen molar-refractivity contribution in [1.29, 1.82) is 0 Å². The molecule has 0 bridgehead atoms. The summed E-state index contributed by atoms with van der Waals surface area (Å²) in [6.07, 6.45) is 4.75. The normalized spacial score (nSPS) is 10.9. The molecule has 102 valence electrons. The summed E-state index contributed by atoms with van der Waals surface area (Å²) in [7, 11) is 0. The van der Waals surface area contributed by atoms with Crippen LogP contribution in [0, 0.1) is 0 Å². The van der Waals surface area contributed by atoms with E-state index in [1.807, 2.05) is 13.8 Å². The molecule has 0 saturated heterocycles. The monoisotopic (exact) mass is 381 g/mol.